The van der Waals surface area contributed by atoms with E-state index < -0.39 is 34.0 Å². The number of non-ortho nitro benzene ring substituents is 2. The SMILES string of the molecule is C[C@@H](OC(=O)c1ccc([N+](=O)[O-])cc1)[C@@H](C)OC(=O)c1ccc([N+](=O)[O-])cc1. The third-order valence-corrected chi connectivity index (χ3v) is 3.87. The van der Waals surface area contributed by atoms with E-state index in [4.69, 9.17) is 9.47 Å². The van der Waals surface area contributed by atoms with Crippen LogP contribution in [-0.2, 0) is 9.47 Å². The summed E-state index contributed by atoms with van der Waals surface area (Å²) in [5.41, 5.74) is -0.0809. The predicted molar refractivity (Wildman–Crippen MR) is 95.9 cm³/mol. The van der Waals surface area contributed by atoms with E-state index in [1.165, 1.54) is 62.4 Å². The first-order valence-electron chi connectivity index (χ1n) is 8.10. The molecule has 2 atom stereocenters. The number of carbonyl (C=O) groups excluding carboxylic acids is 2. The lowest BCUT2D eigenvalue weighted by molar-refractivity contribution is -0.385. The Hall–Kier alpha value is -3.82. The van der Waals surface area contributed by atoms with E-state index in [1.807, 2.05) is 0 Å². The third-order valence-electron chi connectivity index (χ3n) is 3.87. The second kappa shape index (κ2) is 8.71. The standard InChI is InChI=1S/C18H16N2O8/c1-11(27-17(21)13-3-7-15(8-4-13)19(23)24)12(2)28-18(22)14-5-9-16(10-6-14)20(25)26/h3-12H,1-2H3/t11-,12-/m1/s1. The first kappa shape index (κ1) is 20.5. The molecule has 0 radical (unpaired) electrons. The number of hydrogen-bond acceptors (Lipinski definition) is 8. The highest BCUT2D eigenvalue weighted by atomic mass is 16.6. The van der Waals surface area contributed by atoms with Gasteiger partial charge in [0.25, 0.3) is 11.4 Å². The van der Waals surface area contributed by atoms with Crippen LogP contribution in [0.15, 0.2) is 48.5 Å². The maximum atomic E-state index is 12.1. The average molecular weight is 388 g/mol. The Morgan fingerprint density at radius 3 is 1.25 bits per heavy atom. The monoisotopic (exact) mass is 388 g/mol. The molecule has 0 spiro atoms. The molecule has 0 amide bonds. The molecule has 0 aliphatic rings. The van der Waals surface area contributed by atoms with E-state index in [-0.39, 0.29) is 22.5 Å². The fourth-order valence-electron chi connectivity index (χ4n) is 2.10. The molecule has 0 saturated carbocycles. The summed E-state index contributed by atoms with van der Waals surface area (Å²) >= 11 is 0. The van der Waals surface area contributed by atoms with Gasteiger partial charge in [0, 0.05) is 24.3 Å². The summed E-state index contributed by atoms with van der Waals surface area (Å²) in [7, 11) is 0. The second-order valence-electron chi connectivity index (χ2n) is 5.83. The zero-order valence-electron chi connectivity index (χ0n) is 14.9. The molecular weight excluding hydrogens is 372 g/mol. The van der Waals surface area contributed by atoms with Crippen LogP contribution >= 0.6 is 0 Å². The highest BCUT2D eigenvalue weighted by Crippen LogP contribution is 2.16. The van der Waals surface area contributed by atoms with Crippen molar-refractivity contribution in [1.29, 1.82) is 0 Å². The summed E-state index contributed by atoms with van der Waals surface area (Å²) in [4.78, 5) is 44.3. The minimum Gasteiger partial charge on any atom is -0.455 e. The van der Waals surface area contributed by atoms with E-state index in [0.717, 1.165) is 0 Å². The van der Waals surface area contributed by atoms with Gasteiger partial charge in [0.1, 0.15) is 12.2 Å². The number of hydrogen-bond donors (Lipinski definition) is 0. The lowest BCUT2D eigenvalue weighted by Gasteiger charge is -2.20. The van der Waals surface area contributed by atoms with Crippen LogP contribution in [0.4, 0.5) is 11.4 Å². The molecule has 0 unspecified atom stereocenters. The van der Waals surface area contributed by atoms with Crippen LogP contribution in [0.3, 0.4) is 0 Å². The largest absolute Gasteiger partial charge is 0.455 e. The molecule has 10 nitrogen and oxygen atoms in total. The molecule has 2 aromatic carbocycles. The van der Waals surface area contributed by atoms with Crippen molar-refractivity contribution in [1.82, 2.24) is 0 Å². The van der Waals surface area contributed by atoms with Crippen LogP contribution in [0.1, 0.15) is 34.6 Å². The molecule has 0 aliphatic carbocycles. The highest BCUT2D eigenvalue weighted by molar-refractivity contribution is 5.90. The van der Waals surface area contributed by atoms with Crippen molar-refractivity contribution in [3.05, 3.63) is 79.9 Å². The van der Waals surface area contributed by atoms with Gasteiger partial charge in [-0.2, -0.15) is 0 Å². The maximum absolute atomic E-state index is 12.1. The first-order chi connectivity index (χ1) is 13.2. The molecule has 0 bridgehead atoms. The zero-order valence-corrected chi connectivity index (χ0v) is 14.9. The molecule has 2 aromatic rings. The van der Waals surface area contributed by atoms with E-state index in [9.17, 15) is 29.8 Å². The normalized spacial score (nSPS) is 12.5. The van der Waals surface area contributed by atoms with Crippen molar-refractivity contribution < 1.29 is 28.9 Å². The number of carbonyl (C=O) groups is 2. The van der Waals surface area contributed by atoms with Gasteiger partial charge in [-0.1, -0.05) is 0 Å². The fourth-order valence-corrected chi connectivity index (χ4v) is 2.10. The predicted octanol–water partition coefficient (Wildman–Crippen LogP) is 3.29. The van der Waals surface area contributed by atoms with Gasteiger partial charge in [-0.25, -0.2) is 9.59 Å². The summed E-state index contributed by atoms with van der Waals surface area (Å²) in [6.07, 6.45) is -1.60. The third kappa shape index (κ3) is 5.10. The van der Waals surface area contributed by atoms with Crippen LogP contribution in [0.2, 0.25) is 0 Å². The van der Waals surface area contributed by atoms with Crippen LogP contribution in [0.25, 0.3) is 0 Å². The Labute approximate surface area is 159 Å². The van der Waals surface area contributed by atoms with Crippen LogP contribution in [0, 0.1) is 20.2 Å². The molecule has 2 rings (SSSR count). The molecule has 0 aromatic heterocycles. The van der Waals surface area contributed by atoms with Crippen molar-refractivity contribution in [2.24, 2.45) is 0 Å². The van der Waals surface area contributed by atoms with Gasteiger partial charge in [0.05, 0.1) is 21.0 Å². The molecule has 146 valence electrons. The first-order valence-corrected chi connectivity index (χ1v) is 8.10. The average Bonchev–Trinajstić information content (AvgIpc) is 2.67. The topological polar surface area (TPSA) is 139 Å². The Morgan fingerprint density at radius 1 is 0.714 bits per heavy atom. The molecule has 28 heavy (non-hydrogen) atoms. The van der Waals surface area contributed by atoms with Gasteiger partial charge < -0.3 is 9.47 Å². The van der Waals surface area contributed by atoms with Gasteiger partial charge in [-0.3, -0.25) is 20.2 Å². The fraction of sp³-hybridized carbons (Fsp3) is 0.222. The summed E-state index contributed by atoms with van der Waals surface area (Å²) in [5, 5.41) is 21.3. The molecule has 0 N–H and O–H groups in total. The quantitative estimate of drug-likeness (QED) is 0.400. The molecular formula is C18H16N2O8. The minimum atomic E-state index is -0.801. The summed E-state index contributed by atoms with van der Waals surface area (Å²) < 4.78 is 10.4. The number of ether oxygens (including phenoxy) is 2. The van der Waals surface area contributed by atoms with Gasteiger partial charge in [-0.15, -0.1) is 0 Å². The smallest absolute Gasteiger partial charge is 0.338 e. The summed E-state index contributed by atoms with van der Waals surface area (Å²) in [5.74, 6) is -1.44. The summed E-state index contributed by atoms with van der Waals surface area (Å²) in [6.45, 7) is 3.05. The van der Waals surface area contributed by atoms with Crippen molar-refractivity contribution in [2.75, 3.05) is 0 Å². The Bertz CT molecular complexity index is 817. The van der Waals surface area contributed by atoms with Crippen molar-refractivity contribution in [3.63, 3.8) is 0 Å². The highest BCUT2D eigenvalue weighted by Gasteiger charge is 2.23. The van der Waals surface area contributed by atoms with Gasteiger partial charge >= 0.3 is 11.9 Å². The summed E-state index contributed by atoms with van der Waals surface area (Å²) in [6, 6.07) is 9.78. The molecule has 10 heteroatoms. The van der Waals surface area contributed by atoms with Crippen molar-refractivity contribution >= 4 is 23.3 Å². The number of nitro groups is 2. The number of nitro benzene ring substituents is 2. The molecule has 0 heterocycles. The Morgan fingerprint density at radius 2 is 1.00 bits per heavy atom. The lowest BCUT2D eigenvalue weighted by atomic mass is 10.2. The number of rotatable bonds is 7. The van der Waals surface area contributed by atoms with Crippen molar-refractivity contribution in [2.45, 2.75) is 26.1 Å². The van der Waals surface area contributed by atoms with E-state index in [0.29, 0.717) is 0 Å². The zero-order chi connectivity index (χ0) is 20.8. The maximum Gasteiger partial charge on any atom is 0.338 e. The minimum absolute atomic E-state index is 0.117. The van der Waals surface area contributed by atoms with E-state index in [1.54, 1.807) is 0 Å². The van der Waals surface area contributed by atoms with Gasteiger partial charge in [0.2, 0.25) is 0 Å². The van der Waals surface area contributed by atoms with Gasteiger partial charge in [-0.05, 0) is 38.1 Å². The molecule has 0 fully saturated rings. The molecule has 0 saturated heterocycles. The van der Waals surface area contributed by atoms with Crippen LogP contribution in [0.5, 0.6) is 0 Å². The second-order valence-corrected chi connectivity index (χ2v) is 5.83. The number of nitrogens with zero attached hydrogens (tertiary/aromatic N) is 2. The Kier molecular flexibility index (Phi) is 6.38. The van der Waals surface area contributed by atoms with Crippen LogP contribution in [-0.4, -0.2) is 34.0 Å². The van der Waals surface area contributed by atoms with Crippen molar-refractivity contribution in [3.8, 4) is 0 Å². The molecule has 0 aliphatic heterocycles. The van der Waals surface area contributed by atoms with E-state index >= 15 is 0 Å². The number of esters is 2. The van der Waals surface area contributed by atoms with E-state index in [2.05, 4.69) is 0 Å². The van der Waals surface area contributed by atoms with Crippen LogP contribution < -0.4 is 0 Å². The number of benzene rings is 2. The van der Waals surface area contributed by atoms with Gasteiger partial charge in [0.15, 0.2) is 0 Å². The lowest BCUT2D eigenvalue weighted by Crippen LogP contribution is -2.30. The Balaban J connectivity index is 1.94.